The number of nitrogens with one attached hydrogen (secondary N) is 1. The molecule has 0 bridgehead atoms. The summed E-state index contributed by atoms with van der Waals surface area (Å²) in [6, 6.07) is 8.59. The molecule has 0 aliphatic carbocycles. The molecule has 0 aliphatic heterocycles. The number of rotatable bonds is 5. The Morgan fingerprint density at radius 2 is 1.69 bits per heavy atom. The third kappa shape index (κ3) is 3.50. The topological polar surface area (TPSA) is 12.0 Å². The Kier molecular flexibility index (Phi) is 5.30. The fourth-order valence-corrected chi connectivity index (χ4v) is 2.01. The Hall–Kier alpha value is -0.530. The molecule has 1 aromatic carbocycles. The van der Waals surface area contributed by atoms with Crippen LogP contribution in [0.25, 0.3) is 0 Å². The number of hydrogen-bond donors (Lipinski definition) is 1. The molecular weight excluding hydrogens is 218 g/mol. The van der Waals surface area contributed by atoms with Gasteiger partial charge in [-0.15, -0.1) is 0 Å². The zero-order valence-corrected chi connectivity index (χ0v) is 11.4. The molecule has 0 amide bonds. The lowest BCUT2D eigenvalue weighted by Gasteiger charge is -2.28. The Morgan fingerprint density at radius 1 is 1.12 bits per heavy atom. The second kappa shape index (κ2) is 6.27. The standard InChI is InChI=1S/C14H22ClN/c1-5-16-14(11(4)10(2)3)12-6-8-13(15)9-7-12/h6-11,14,16H,5H2,1-4H3. The first-order valence-corrected chi connectivity index (χ1v) is 6.43. The molecule has 0 radical (unpaired) electrons. The van der Waals surface area contributed by atoms with E-state index in [-0.39, 0.29) is 0 Å². The predicted molar refractivity (Wildman–Crippen MR) is 71.9 cm³/mol. The van der Waals surface area contributed by atoms with E-state index in [0.717, 1.165) is 11.6 Å². The maximum atomic E-state index is 5.92. The Morgan fingerprint density at radius 3 is 2.12 bits per heavy atom. The Balaban J connectivity index is 2.88. The van der Waals surface area contributed by atoms with Gasteiger partial charge in [-0.3, -0.25) is 0 Å². The van der Waals surface area contributed by atoms with Crippen LogP contribution in [0.2, 0.25) is 5.02 Å². The minimum absolute atomic E-state index is 0.419. The van der Waals surface area contributed by atoms with E-state index in [4.69, 9.17) is 11.6 Å². The van der Waals surface area contributed by atoms with Crippen molar-refractivity contribution in [1.29, 1.82) is 0 Å². The summed E-state index contributed by atoms with van der Waals surface area (Å²) in [7, 11) is 0. The molecule has 2 atom stereocenters. The molecule has 0 saturated heterocycles. The van der Waals surface area contributed by atoms with Crippen molar-refractivity contribution in [2.75, 3.05) is 6.54 Å². The summed E-state index contributed by atoms with van der Waals surface area (Å²) >= 11 is 5.92. The van der Waals surface area contributed by atoms with E-state index in [1.165, 1.54) is 5.56 Å². The normalized spacial score (nSPS) is 15.1. The minimum Gasteiger partial charge on any atom is -0.310 e. The summed E-state index contributed by atoms with van der Waals surface area (Å²) in [6.07, 6.45) is 0. The van der Waals surface area contributed by atoms with Crippen LogP contribution in [0.3, 0.4) is 0 Å². The highest BCUT2D eigenvalue weighted by molar-refractivity contribution is 6.30. The molecule has 1 aromatic rings. The summed E-state index contributed by atoms with van der Waals surface area (Å²) in [5.41, 5.74) is 1.33. The Bertz CT molecular complexity index is 305. The molecule has 0 aliphatic rings. The maximum absolute atomic E-state index is 5.92. The van der Waals surface area contributed by atoms with Gasteiger partial charge in [0, 0.05) is 11.1 Å². The summed E-state index contributed by atoms with van der Waals surface area (Å²) in [5.74, 6) is 1.28. The van der Waals surface area contributed by atoms with Crippen molar-refractivity contribution in [2.24, 2.45) is 11.8 Å². The second-order valence-corrected chi connectivity index (χ2v) is 5.13. The van der Waals surface area contributed by atoms with Gasteiger partial charge < -0.3 is 5.32 Å². The third-order valence-corrected chi connectivity index (χ3v) is 3.48. The second-order valence-electron chi connectivity index (χ2n) is 4.69. The van der Waals surface area contributed by atoms with Gasteiger partial charge in [-0.2, -0.15) is 0 Å². The smallest absolute Gasteiger partial charge is 0.0406 e. The lowest BCUT2D eigenvalue weighted by Crippen LogP contribution is -2.29. The van der Waals surface area contributed by atoms with E-state index in [1.807, 2.05) is 12.1 Å². The van der Waals surface area contributed by atoms with Crippen molar-refractivity contribution >= 4 is 11.6 Å². The monoisotopic (exact) mass is 239 g/mol. The molecule has 0 saturated carbocycles. The van der Waals surface area contributed by atoms with Crippen LogP contribution in [0.15, 0.2) is 24.3 Å². The lowest BCUT2D eigenvalue weighted by atomic mass is 9.86. The minimum atomic E-state index is 0.419. The highest BCUT2D eigenvalue weighted by Crippen LogP contribution is 2.28. The molecular formula is C14H22ClN. The van der Waals surface area contributed by atoms with Crippen LogP contribution in [-0.4, -0.2) is 6.54 Å². The molecule has 1 rings (SSSR count). The quantitative estimate of drug-likeness (QED) is 0.809. The van der Waals surface area contributed by atoms with Gasteiger partial charge in [-0.05, 0) is 36.1 Å². The Labute approximate surface area is 104 Å². The largest absolute Gasteiger partial charge is 0.310 e. The van der Waals surface area contributed by atoms with Crippen LogP contribution in [0, 0.1) is 11.8 Å². The fraction of sp³-hybridized carbons (Fsp3) is 0.571. The van der Waals surface area contributed by atoms with E-state index >= 15 is 0 Å². The molecule has 0 heterocycles. The van der Waals surface area contributed by atoms with E-state index in [0.29, 0.717) is 17.9 Å². The molecule has 0 spiro atoms. The van der Waals surface area contributed by atoms with Crippen molar-refractivity contribution in [3.05, 3.63) is 34.9 Å². The lowest BCUT2D eigenvalue weighted by molar-refractivity contribution is 0.307. The number of halogens is 1. The number of hydrogen-bond acceptors (Lipinski definition) is 1. The molecule has 90 valence electrons. The fourth-order valence-electron chi connectivity index (χ4n) is 1.88. The van der Waals surface area contributed by atoms with Gasteiger partial charge in [0.05, 0.1) is 0 Å². The molecule has 0 aromatic heterocycles. The molecule has 16 heavy (non-hydrogen) atoms. The highest BCUT2D eigenvalue weighted by atomic mass is 35.5. The van der Waals surface area contributed by atoms with E-state index in [1.54, 1.807) is 0 Å². The van der Waals surface area contributed by atoms with Crippen molar-refractivity contribution in [3.63, 3.8) is 0 Å². The van der Waals surface area contributed by atoms with Crippen LogP contribution in [0.5, 0.6) is 0 Å². The van der Waals surface area contributed by atoms with Gasteiger partial charge in [0.2, 0.25) is 0 Å². The van der Waals surface area contributed by atoms with Crippen LogP contribution in [0.4, 0.5) is 0 Å². The predicted octanol–water partition coefficient (Wildman–Crippen LogP) is 4.28. The van der Waals surface area contributed by atoms with Crippen LogP contribution in [-0.2, 0) is 0 Å². The van der Waals surface area contributed by atoms with Gasteiger partial charge in [0.25, 0.3) is 0 Å². The van der Waals surface area contributed by atoms with E-state index in [9.17, 15) is 0 Å². The van der Waals surface area contributed by atoms with E-state index in [2.05, 4.69) is 45.1 Å². The molecule has 1 N–H and O–H groups in total. The van der Waals surface area contributed by atoms with Crippen LogP contribution in [0.1, 0.15) is 39.3 Å². The third-order valence-electron chi connectivity index (χ3n) is 3.23. The first-order chi connectivity index (χ1) is 7.56. The van der Waals surface area contributed by atoms with Crippen molar-refractivity contribution in [1.82, 2.24) is 5.32 Å². The zero-order chi connectivity index (χ0) is 12.1. The van der Waals surface area contributed by atoms with Crippen molar-refractivity contribution < 1.29 is 0 Å². The van der Waals surface area contributed by atoms with Gasteiger partial charge in [0.1, 0.15) is 0 Å². The zero-order valence-electron chi connectivity index (χ0n) is 10.6. The van der Waals surface area contributed by atoms with Gasteiger partial charge in [-0.1, -0.05) is 51.4 Å². The summed E-state index contributed by atoms with van der Waals surface area (Å²) in [5, 5.41) is 4.36. The van der Waals surface area contributed by atoms with Gasteiger partial charge >= 0.3 is 0 Å². The van der Waals surface area contributed by atoms with Gasteiger partial charge in [0.15, 0.2) is 0 Å². The highest BCUT2D eigenvalue weighted by Gasteiger charge is 2.20. The molecule has 2 heteroatoms. The first-order valence-electron chi connectivity index (χ1n) is 6.05. The van der Waals surface area contributed by atoms with Crippen LogP contribution < -0.4 is 5.32 Å². The van der Waals surface area contributed by atoms with Crippen molar-refractivity contribution in [3.8, 4) is 0 Å². The van der Waals surface area contributed by atoms with E-state index < -0.39 is 0 Å². The molecule has 0 fully saturated rings. The SMILES string of the molecule is CCNC(c1ccc(Cl)cc1)C(C)C(C)C. The average molecular weight is 240 g/mol. The average Bonchev–Trinajstić information content (AvgIpc) is 2.26. The van der Waals surface area contributed by atoms with Crippen molar-refractivity contribution in [2.45, 2.75) is 33.7 Å². The number of benzene rings is 1. The molecule has 1 nitrogen and oxygen atoms in total. The van der Waals surface area contributed by atoms with Gasteiger partial charge in [-0.25, -0.2) is 0 Å². The molecule has 2 unspecified atom stereocenters. The summed E-state index contributed by atoms with van der Waals surface area (Å²) < 4.78 is 0. The maximum Gasteiger partial charge on any atom is 0.0406 e. The summed E-state index contributed by atoms with van der Waals surface area (Å²) in [4.78, 5) is 0. The summed E-state index contributed by atoms with van der Waals surface area (Å²) in [6.45, 7) is 9.97. The first kappa shape index (κ1) is 13.5. The van der Waals surface area contributed by atoms with Crippen LogP contribution >= 0.6 is 11.6 Å².